The highest BCUT2D eigenvalue weighted by Gasteiger charge is 2.20. The molecule has 0 aliphatic heterocycles. The van der Waals surface area contributed by atoms with Gasteiger partial charge in [0.25, 0.3) is 0 Å². The van der Waals surface area contributed by atoms with Crippen LogP contribution in [0.1, 0.15) is 21.9 Å². The number of aromatic nitrogens is 2. The van der Waals surface area contributed by atoms with Crippen molar-refractivity contribution < 1.29 is 13.9 Å². The number of aryl methyl sites for hydroxylation is 1. The number of ether oxygens (including phenoxy) is 1. The van der Waals surface area contributed by atoms with Crippen LogP contribution in [0.3, 0.4) is 0 Å². The Hall–Kier alpha value is -2.38. The van der Waals surface area contributed by atoms with Gasteiger partial charge < -0.3 is 13.7 Å². The fourth-order valence-corrected chi connectivity index (χ4v) is 4.12. The van der Waals surface area contributed by atoms with Crippen molar-refractivity contribution >= 4 is 38.9 Å². The van der Waals surface area contributed by atoms with Crippen molar-refractivity contribution in [1.82, 2.24) is 9.55 Å². The van der Waals surface area contributed by atoms with E-state index in [-0.39, 0.29) is 5.97 Å². The summed E-state index contributed by atoms with van der Waals surface area (Å²) in [6.45, 7) is 2.36. The van der Waals surface area contributed by atoms with Crippen molar-refractivity contribution in [1.29, 1.82) is 0 Å². The summed E-state index contributed by atoms with van der Waals surface area (Å²) in [6, 6.07) is 7.81. The molecule has 0 radical (unpaired) electrons. The lowest BCUT2D eigenvalue weighted by molar-refractivity contribution is 0.0589. The van der Waals surface area contributed by atoms with Gasteiger partial charge in [-0.3, -0.25) is 0 Å². The summed E-state index contributed by atoms with van der Waals surface area (Å²) in [5.41, 5.74) is 2.34. The molecule has 0 aliphatic carbocycles. The second kappa shape index (κ2) is 5.92. The maximum Gasteiger partial charge on any atom is 0.354 e. The first-order valence-corrected chi connectivity index (χ1v) is 9.08. The van der Waals surface area contributed by atoms with Crippen molar-refractivity contribution in [3.8, 4) is 10.8 Å². The molecular weight excluding hydrogens is 344 g/mol. The molecule has 0 unspecified atom stereocenters. The number of oxazole rings is 1. The lowest BCUT2D eigenvalue weighted by Gasteiger charge is -2.07. The topological polar surface area (TPSA) is 57.3 Å². The molecule has 4 rings (SSSR count). The lowest BCUT2D eigenvalue weighted by Crippen LogP contribution is -2.12. The molecule has 0 fully saturated rings. The smallest absolute Gasteiger partial charge is 0.354 e. The fraction of sp³-hybridized carbons (Fsp3) is 0.176. The van der Waals surface area contributed by atoms with Crippen LogP contribution in [0.15, 0.2) is 39.4 Å². The summed E-state index contributed by atoms with van der Waals surface area (Å²) in [5, 5.41) is 4.00. The van der Waals surface area contributed by atoms with Gasteiger partial charge in [0.2, 0.25) is 5.89 Å². The maximum atomic E-state index is 12.1. The van der Waals surface area contributed by atoms with E-state index in [9.17, 15) is 4.79 Å². The van der Waals surface area contributed by atoms with Crippen LogP contribution in [0.25, 0.3) is 21.0 Å². The van der Waals surface area contributed by atoms with Gasteiger partial charge in [-0.1, -0.05) is 6.07 Å². The second-order valence-corrected chi connectivity index (χ2v) is 7.17. The van der Waals surface area contributed by atoms with Crippen LogP contribution in [0.4, 0.5) is 0 Å². The number of hydrogen-bond donors (Lipinski definition) is 0. The van der Waals surface area contributed by atoms with E-state index < -0.39 is 0 Å². The van der Waals surface area contributed by atoms with E-state index in [4.69, 9.17) is 9.15 Å². The van der Waals surface area contributed by atoms with Crippen molar-refractivity contribution in [2.24, 2.45) is 0 Å². The molecule has 0 aromatic carbocycles. The highest BCUT2D eigenvalue weighted by atomic mass is 32.1. The van der Waals surface area contributed by atoms with Gasteiger partial charge in [0.05, 0.1) is 28.7 Å². The lowest BCUT2D eigenvalue weighted by atomic mass is 10.3. The van der Waals surface area contributed by atoms with Crippen molar-refractivity contribution in [2.75, 3.05) is 7.11 Å². The molecule has 0 bridgehead atoms. The highest BCUT2D eigenvalue weighted by molar-refractivity contribution is 7.17. The van der Waals surface area contributed by atoms with Gasteiger partial charge in [-0.15, -0.1) is 22.7 Å². The molecule has 24 heavy (non-hydrogen) atoms. The second-order valence-electron chi connectivity index (χ2n) is 5.28. The van der Waals surface area contributed by atoms with E-state index in [1.165, 1.54) is 7.11 Å². The Kier molecular flexibility index (Phi) is 3.74. The first-order valence-electron chi connectivity index (χ1n) is 7.32. The molecule has 4 aromatic rings. The molecule has 0 saturated heterocycles. The maximum absolute atomic E-state index is 12.1. The minimum absolute atomic E-state index is 0.349. The molecule has 122 valence electrons. The highest BCUT2D eigenvalue weighted by Crippen LogP contribution is 2.29. The molecule has 0 amide bonds. The number of esters is 1. The van der Waals surface area contributed by atoms with E-state index in [0.717, 1.165) is 26.5 Å². The Bertz CT molecular complexity index is 1010. The van der Waals surface area contributed by atoms with Crippen LogP contribution < -0.4 is 0 Å². The normalized spacial score (nSPS) is 11.2. The molecule has 5 nitrogen and oxygen atoms in total. The van der Waals surface area contributed by atoms with Gasteiger partial charge in [-0.2, -0.15) is 0 Å². The van der Waals surface area contributed by atoms with E-state index in [2.05, 4.69) is 4.98 Å². The molecule has 0 atom stereocenters. The Morgan fingerprint density at radius 1 is 1.33 bits per heavy atom. The van der Waals surface area contributed by atoms with Gasteiger partial charge >= 0.3 is 5.97 Å². The largest absolute Gasteiger partial charge is 0.464 e. The summed E-state index contributed by atoms with van der Waals surface area (Å²) in [7, 11) is 1.39. The minimum atomic E-state index is -0.349. The summed E-state index contributed by atoms with van der Waals surface area (Å²) >= 11 is 3.18. The predicted octanol–water partition coefficient (Wildman–Crippen LogP) is 4.56. The quantitative estimate of drug-likeness (QED) is 0.502. The van der Waals surface area contributed by atoms with Crippen LogP contribution in [0.5, 0.6) is 0 Å². The minimum Gasteiger partial charge on any atom is -0.464 e. The molecule has 4 aromatic heterocycles. The Morgan fingerprint density at radius 3 is 2.96 bits per heavy atom. The van der Waals surface area contributed by atoms with Crippen LogP contribution in [-0.2, 0) is 11.3 Å². The standard InChI is InChI=1S/C17H14N2O3S2/c1-10-11(18-16(22-10)14-4-3-6-23-14)9-19-12-5-7-24-15(12)8-13(19)17(20)21-2/h3-8H,9H2,1-2H3. The zero-order chi connectivity index (χ0) is 16.7. The molecule has 4 heterocycles. The molecular formula is C17H14N2O3S2. The first kappa shape index (κ1) is 15.2. The van der Waals surface area contributed by atoms with Gasteiger partial charge in [0.1, 0.15) is 17.1 Å². The van der Waals surface area contributed by atoms with E-state index in [1.807, 2.05) is 46.5 Å². The van der Waals surface area contributed by atoms with Crippen LogP contribution in [0.2, 0.25) is 0 Å². The van der Waals surface area contributed by atoms with Crippen LogP contribution >= 0.6 is 22.7 Å². The number of fused-ring (bicyclic) bond motifs is 1. The zero-order valence-electron chi connectivity index (χ0n) is 13.1. The fourth-order valence-electron chi connectivity index (χ4n) is 2.65. The van der Waals surface area contributed by atoms with Gasteiger partial charge in [-0.25, -0.2) is 9.78 Å². The first-order chi connectivity index (χ1) is 11.7. The molecule has 0 spiro atoms. The summed E-state index contributed by atoms with van der Waals surface area (Å²) in [4.78, 5) is 17.7. The summed E-state index contributed by atoms with van der Waals surface area (Å²) in [5.74, 6) is 1.02. The van der Waals surface area contributed by atoms with Crippen molar-refractivity contribution in [3.05, 3.63) is 52.2 Å². The Morgan fingerprint density at radius 2 is 2.21 bits per heavy atom. The molecule has 0 N–H and O–H groups in total. The van der Waals surface area contributed by atoms with E-state index in [0.29, 0.717) is 18.1 Å². The van der Waals surface area contributed by atoms with Crippen LogP contribution in [-0.4, -0.2) is 22.6 Å². The summed E-state index contributed by atoms with van der Waals surface area (Å²) < 4.78 is 13.7. The van der Waals surface area contributed by atoms with Gasteiger partial charge in [0.15, 0.2) is 0 Å². The van der Waals surface area contributed by atoms with Gasteiger partial charge in [-0.05, 0) is 35.9 Å². The third-order valence-corrected chi connectivity index (χ3v) is 5.56. The number of nitrogens with zero attached hydrogens (tertiary/aromatic N) is 2. The molecule has 0 saturated carbocycles. The zero-order valence-corrected chi connectivity index (χ0v) is 14.7. The SMILES string of the molecule is COC(=O)c1cc2sccc2n1Cc1nc(-c2cccs2)oc1C. The van der Waals surface area contributed by atoms with Crippen LogP contribution in [0, 0.1) is 6.92 Å². The third-order valence-electron chi connectivity index (χ3n) is 3.85. The number of hydrogen-bond acceptors (Lipinski definition) is 6. The average molecular weight is 358 g/mol. The average Bonchev–Trinajstić information content (AvgIpc) is 3.32. The van der Waals surface area contributed by atoms with Crippen molar-refractivity contribution in [2.45, 2.75) is 13.5 Å². The number of thiophene rings is 2. The van der Waals surface area contributed by atoms with E-state index in [1.54, 1.807) is 22.7 Å². The third kappa shape index (κ3) is 2.46. The molecule has 0 aliphatic rings. The van der Waals surface area contributed by atoms with Crippen molar-refractivity contribution in [3.63, 3.8) is 0 Å². The molecule has 7 heteroatoms. The summed E-state index contributed by atoms with van der Waals surface area (Å²) in [6.07, 6.45) is 0. The Labute approximate surface area is 146 Å². The number of carbonyl (C=O) groups excluding carboxylic acids is 1. The number of methoxy groups -OCH3 is 1. The monoisotopic (exact) mass is 358 g/mol. The number of carbonyl (C=O) groups is 1. The Balaban J connectivity index is 1.77. The van der Waals surface area contributed by atoms with E-state index >= 15 is 0 Å². The van der Waals surface area contributed by atoms with Gasteiger partial charge in [0, 0.05) is 0 Å². The predicted molar refractivity (Wildman–Crippen MR) is 94.8 cm³/mol. The number of rotatable bonds is 4.